The number of nitrogens with one attached hydrogen (secondary N) is 1. The van der Waals surface area contributed by atoms with Crippen LogP contribution < -0.4 is 5.32 Å². The molecule has 0 aliphatic carbocycles. The van der Waals surface area contributed by atoms with Crippen LogP contribution in [0.2, 0.25) is 0 Å². The molecule has 7 heteroatoms. The van der Waals surface area contributed by atoms with Crippen molar-refractivity contribution in [3.05, 3.63) is 56.3 Å². The molecule has 1 heterocycles. The van der Waals surface area contributed by atoms with Gasteiger partial charge in [-0.3, -0.25) is 14.9 Å². The first-order valence-electron chi connectivity index (χ1n) is 5.85. The monoisotopic (exact) mass is 302 g/mol. The molecule has 0 aliphatic rings. The van der Waals surface area contributed by atoms with Crippen molar-refractivity contribution in [1.82, 2.24) is 0 Å². The van der Waals surface area contributed by atoms with E-state index in [4.69, 9.17) is 5.11 Å². The van der Waals surface area contributed by atoms with Gasteiger partial charge in [0, 0.05) is 17.8 Å². The number of nitro benzene ring substituents is 1. The molecule has 1 aromatic carbocycles. The second kappa shape index (κ2) is 6.65. The molecule has 1 aromatic heterocycles. The van der Waals surface area contributed by atoms with E-state index in [1.54, 1.807) is 12.1 Å². The smallest absolute Gasteiger partial charge is 0.269 e. The molecule has 106 valence electrons. The Morgan fingerprint density at radius 3 is 2.62 bits per heavy atom. The number of carbonyl (C=O) groups excluding carboxylic acids is 1. The highest BCUT2D eigenvalue weighted by Crippen LogP contribution is 2.19. The van der Waals surface area contributed by atoms with Gasteiger partial charge in [0.05, 0.1) is 14.7 Å². The maximum Gasteiger partial charge on any atom is 0.269 e. The van der Waals surface area contributed by atoms with Crippen LogP contribution in [-0.2, 0) is 0 Å². The van der Waals surface area contributed by atoms with E-state index in [0.717, 1.165) is 0 Å². The van der Waals surface area contributed by atoms with Crippen LogP contribution in [0.1, 0.15) is 14.5 Å². The predicted octanol–water partition coefficient (Wildman–Crippen LogP) is 2.25. The topological polar surface area (TPSA) is 92.5 Å². The van der Waals surface area contributed by atoms with Crippen molar-refractivity contribution in [3.63, 3.8) is 0 Å². The molecule has 2 N–H and O–H groups in total. The molecule has 0 bridgehead atoms. The summed E-state index contributed by atoms with van der Waals surface area (Å²) in [4.78, 5) is 23.2. The van der Waals surface area contributed by atoms with Crippen molar-refractivity contribution in [2.75, 3.05) is 11.9 Å². The van der Waals surface area contributed by atoms with Crippen molar-refractivity contribution in [2.45, 2.75) is 0 Å². The molecule has 0 fully saturated rings. The third-order valence-corrected chi connectivity index (χ3v) is 3.46. The van der Waals surface area contributed by atoms with Gasteiger partial charge in [-0.05, 0) is 24.3 Å². The normalized spacial score (nSPS) is 9.57. The van der Waals surface area contributed by atoms with E-state index in [9.17, 15) is 14.9 Å². The number of anilines is 1. The zero-order chi connectivity index (χ0) is 15.2. The summed E-state index contributed by atoms with van der Waals surface area (Å²) in [6.45, 7) is -0.234. The number of hydrogen-bond acceptors (Lipinski definition) is 5. The van der Waals surface area contributed by atoms with Crippen LogP contribution in [0.4, 0.5) is 11.4 Å². The third kappa shape index (κ3) is 3.89. The summed E-state index contributed by atoms with van der Waals surface area (Å²) in [6.07, 6.45) is 0. The van der Waals surface area contributed by atoms with Gasteiger partial charge in [0.1, 0.15) is 6.61 Å². The summed E-state index contributed by atoms with van der Waals surface area (Å²) in [5, 5.41) is 21.8. The number of rotatable bonds is 3. The van der Waals surface area contributed by atoms with Gasteiger partial charge in [0.2, 0.25) is 0 Å². The van der Waals surface area contributed by atoms with Crippen LogP contribution in [-0.4, -0.2) is 22.5 Å². The number of non-ortho nitro benzene ring substituents is 1. The maximum absolute atomic E-state index is 12.0. The Morgan fingerprint density at radius 1 is 1.29 bits per heavy atom. The van der Waals surface area contributed by atoms with E-state index >= 15 is 0 Å². The average molecular weight is 302 g/mol. The fourth-order valence-electron chi connectivity index (χ4n) is 1.51. The van der Waals surface area contributed by atoms with E-state index in [-0.39, 0.29) is 18.2 Å². The van der Waals surface area contributed by atoms with Gasteiger partial charge in [-0.2, -0.15) is 0 Å². The number of aliphatic hydroxyl groups excluding tert-OH is 1. The number of nitro groups is 1. The second-order valence-corrected chi connectivity index (χ2v) is 4.97. The summed E-state index contributed by atoms with van der Waals surface area (Å²) < 4.78 is 0. The van der Waals surface area contributed by atoms with E-state index in [0.29, 0.717) is 15.4 Å². The zero-order valence-corrected chi connectivity index (χ0v) is 11.5. The Morgan fingerprint density at radius 2 is 2.00 bits per heavy atom. The fourth-order valence-corrected chi connectivity index (χ4v) is 2.29. The molecule has 2 aromatic rings. The molecule has 2 rings (SSSR count). The van der Waals surface area contributed by atoms with Gasteiger partial charge in [0.25, 0.3) is 11.6 Å². The highest BCUT2D eigenvalue weighted by molar-refractivity contribution is 7.14. The van der Waals surface area contributed by atoms with Gasteiger partial charge in [-0.15, -0.1) is 11.3 Å². The molecular weight excluding hydrogens is 292 g/mol. The minimum atomic E-state index is -0.503. The highest BCUT2D eigenvalue weighted by atomic mass is 32.1. The lowest BCUT2D eigenvalue weighted by atomic mass is 10.3. The molecule has 0 atom stereocenters. The minimum Gasteiger partial charge on any atom is -0.384 e. The molecule has 0 unspecified atom stereocenters. The van der Waals surface area contributed by atoms with Crippen LogP contribution in [0.5, 0.6) is 0 Å². The Labute approximate surface area is 124 Å². The lowest BCUT2D eigenvalue weighted by Gasteiger charge is -2.02. The van der Waals surface area contributed by atoms with Gasteiger partial charge in [-0.25, -0.2) is 0 Å². The lowest BCUT2D eigenvalue weighted by molar-refractivity contribution is -0.384. The van der Waals surface area contributed by atoms with Crippen LogP contribution in [0, 0.1) is 22.0 Å². The number of thiophene rings is 1. The van der Waals surface area contributed by atoms with Gasteiger partial charge >= 0.3 is 0 Å². The van der Waals surface area contributed by atoms with Crippen LogP contribution >= 0.6 is 11.3 Å². The Hall–Kier alpha value is -2.69. The second-order valence-electron chi connectivity index (χ2n) is 3.88. The molecule has 6 nitrogen and oxygen atoms in total. The molecule has 0 saturated heterocycles. The van der Waals surface area contributed by atoms with Gasteiger partial charge in [-0.1, -0.05) is 11.8 Å². The summed E-state index contributed by atoms with van der Waals surface area (Å²) in [6, 6.07) is 8.90. The quantitative estimate of drug-likeness (QED) is 0.516. The van der Waals surface area contributed by atoms with Crippen LogP contribution in [0.3, 0.4) is 0 Å². The van der Waals surface area contributed by atoms with Crippen molar-refractivity contribution < 1.29 is 14.8 Å². The first-order valence-corrected chi connectivity index (χ1v) is 6.67. The van der Waals surface area contributed by atoms with Crippen molar-refractivity contribution in [2.24, 2.45) is 0 Å². The molecule has 0 aliphatic heterocycles. The lowest BCUT2D eigenvalue weighted by Crippen LogP contribution is -2.09. The standard InChI is InChI=1S/C14H10N2O4S/c17-9-1-2-12-7-8-13(21-12)14(18)15-10-3-5-11(6-4-10)16(19)20/h3-8,17H,9H2,(H,15,18). The first-order chi connectivity index (χ1) is 10.1. The number of aliphatic hydroxyl groups is 1. The number of nitrogens with zero attached hydrogens (tertiary/aromatic N) is 1. The van der Waals surface area contributed by atoms with Crippen LogP contribution in [0.25, 0.3) is 0 Å². The van der Waals surface area contributed by atoms with E-state index in [1.165, 1.54) is 35.6 Å². The Balaban J connectivity index is 2.07. The largest absolute Gasteiger partial charge is 0.384 e. The minimum absolute atomic E-state index is 0.0364. The summed E-state index contributed by atoms with van der Waals surface area (Å²) >= 11 is 1.20. The fraction of sp³-hybridized carbons (Fsp3) is 0.0714. The molecule has 21 heavy (non-hydrogen) atoms. The molecular formula is C14H10N2O4S. The van der Waals surface area contributed by atoms with E-state index in [1.807, 2.05) is 0 Å². The van der Waals surface area contributed by atoms with Crippen LogP contribution in [0.15, 0.2) is 36.4 Å². The number of benzene rings is 1. The van der Waals surface area contributed by atoms with Crippen molar-refractivity contribution >= 4 is 28.6 Å². The molecule has 0 saturated carbocycles. The number of amides is 1. The summed E-state index contributed by atoms with van der Waals surface area (Å²) in [5.74, 6) is 4.91. The predicted molar refractivity (Wildman–Crippen MR) is 79.3 cm³/mol. The Kier molecular flexibility index (Phi) is 4.66. The molecule has 0 radical (unpaired) electrons. The zero-order valence-electron chi connectivity index (χ0n) is 10.7. The van der Waals surface area contributed by atoms with Crippen molar-refractivity contribution in [3.8, 4) is 11.8 Å². The van der Waals surface area contributed by atoms with E-state index < -0.39 is 4.92 Å². The number of carbonyl (C=O) groups is 1. The summed E-state index contributed by atoms with van der Waals surface area (Å²) in [7, 11) is 0. The molecule has 1 amide bonds. The van der Waals surface area contributed by atoms with Crippen molar-refractivity contribution in [1.29, 1.82) is 0 Å². The average Bonchev–Trinajstić information content (AvgIpc) is 2.94. The maximum atomic E-state index is 12.0. The highest BCUT2D eigenvalue weighted by Gasteiger charge is 2.10. The van der Waals surface area contributed by atoms with Gasteiger partial charge in [0.15, 0.2) is 0 Å². The van der Waals surface area contributed by atoms with E-state index in [2.05, 4.69) is 17.2 Å². The molecule has 0 spiro atoms. The number of hydrogen-bond donors (Lipinski definition) is 2. The third-order valence-electron chi connectivity index (χ3n) is 2.46. The first kappa shape index (κ1) is 14.7. The summed E-state index contributed by atoms with van der Waals surface area (Å²) in [5.41, 5.74) is 0.438. The van der Waals surface area contributed by atoms with Gasteiger partial charge < -0.3 is 10.4 Å². The Bertz CT molecular complexity index is 725. The SMILES string of the molecule is O=C(Nc1ccc([N+](=O)[O-])cc1)c1ccc(C#CCO)s1.